The Balaban J connectivity index is 2.53. The first-order chi connectivity index (χ1) is 6.13. The van der Waals surface area contributed by atoms with E-state index in [0.717, 1.165) is 0 Å². The van der Waals surface area contributed by atoms with Crippen molar-refractivity contribution < 1.29 is 9.52 Å². The van der Waals surface area contributed by atoms with Crippen LogP contribution in [0.4, 0.5) is 0 Å². The first-order valence-electron chi connectivity index (χ1n) is 4.00. The molecule has 0 saturated heterocycles. The topological polar surface area (TPSA) is 85.2 Å². The summed E-state index contributed by atoms with van der Waals surface area (Å²) < 4.78 is 5.16. The van der Waals surface area contributed by atoms with Gasteiger partial charge in [0.15, 0.2) is 0 Å². The van der Waals surface area contributed by atoms with E-state index in [0.29, 0.717) is 11.1 Å². The average molecular weight is 203 g/mol. The fraction of sp³-hybridized carbons (Fsp3) is 0.714. The van der Waals surface area contributed by atoms with Crippen molar-refractivity contribution in [1.29, 1.82) is 0 Å². The van der Waals surface area contributed by atoms with Gasteiger partial charge in [-0.1, -0.05) is 18.7 Å². The number of aliphatic hydroxyl groups excluding tert-OH is 1. The molecule has 0 aromatic carbocycles. The molecule has 1 aromatic heterocycles. The lowest BCUT2D eigenvalue weighted by molar-refractivity contribution is 0.196. The Kier molecular flexibility index (Phi) is 3.71. The van der Waals surface area contributed by atoms with Gasteiger partial charge in [0.1, 0.15) is 0 Å². The van der Waals surface area contributed by atoms with Gasteiger partial charge in [0.2, 0.25) is 5.89 Å². The molecule has 0 fully saturated rings. The molecule has 5 nitrogen and oxygen atoms in total. The van der Waals surface area contributed by atoms with E-state index in [-0.39, 0.29) is 11.8 Å². The molecule has 1 aromatic rings. The van der Waals surface area contributed by atoms with E-state index >= 15 is 0 Å². The van der Waals surface area contributed by atoms with Crippen molar-refractivity contribution in [3.63, 3.8) is 0 Å². The summed E-state index contributed by atoms with van der Waals surface area (Å²) in [6, 6.07) is 0. The van der Waals surface area contributed by atoms with E-state index in [1.807, 2.05) is 6.92 Å². The lowest BCUT2D eigenvalue weighted by Crippen LogP contribution is -2.14. The molecule has 0 amide bonds. The van der Waals surface area contributed by atoms with Crippen molar-refractivity contribution >= 4 is 11.8 Å². The molecule has 13 heavy (non-hydrogen) atoms. The van der Waals surface area contributed by atoms with Crippen LogP contribution >= 0.6 is 11.8 Å². The number of nitrogens with two attached hydrogens (primary N) is 1. The van der Waals surface area contributed by atoms with E-state index in [2.05, 4.69) is 10.2 Å². The summed E-state index contributed by atoms with van der Waals surface area (Å²) in [7, 11) is 0. The molecule has 0 bridgehead atoms. The van der Waals surface area contributed by atoms with Crippen molar-refractivity contribution in [3.05, 3.63) is 5.89 Å². The minimum atomic E-state index is -0.404. The molecule has 0 aliphatic rings. The fourth-order valence-corrected chi connectivity index (χ4v) is 1.37. The zero-order valence-electron chi connectivity index (χ0n) is 7.60. The Bertz CT molecular complexity index is 264. The number of thioether (sulfide) groups is 1. The van der Waals surface area contributed by atoms with Crippen LogP contribution in [0, 0.1) is 0 Å². The summed E-state index contributed by atoms with van der Waals surface area (Å²) in [6.45, 7) is 3.86. The van der Waals surface area contributed by atoms with Gasteiger partial charge in [-0.15, -0.1) is 10.2 Å². The van der Waals surface area contributed by atoms with E-state index in [4.69, 9.17) is 10.2 Å². The van der Waals surface area contributed by atoms with Crippen LogP contribution in [0.25, 0.3) is 0 Å². The molecule has 2 unspecified atom stereocenters. The van der Waals surface area contributed by atoms with Crippen molar-refractivity contribution in [1.82, 2.24) is 10.2 Å². The van der Waals surface area contributed by atoms with E-state index in [9.17, 15) is 5.11 Å². The van der Waals surface area contributed by atoms with Gasteiger partial charge in [-0.25, -0.2) is 0 Å². The lowest BCUT2D eigenvalue weighted by Gasteiger charge is -2.10. The Morgan fingerprint density at radius 3 is 2.69 bits per heavy atom. The van der Waals surface area contributed by atoms with Crippen molar-refractivity contribution in [2.24, 2.45) is 5.73 Å². The van der Waals surface area contributed by atoms with Crippen LogP contribution in [0.1, 0.15) is 19.7 Å². The number of hydrogen-bond donors (Lipinski definition) is 2. The largest absolute Gasteiger partial charge is 0.415 e. The number of aromatic nitrogens is 2. The minimum absolute atomic E-state index is 0.0334. The number of aliphatic hydroxyl groups is 1. The highest BCUT2D eigenvalue weighted by Crippen LogP contribution is 2.23. The van der Waals surface area contributed by atoms with Gasteiger partial charge < -0.3 is 15.3 Å². The normalized spacial score (nSPS) is 15.7. The van der Waals surface area contributed by atoms with Gasteiger partial charge in [-0.05, 0) is 6.92 Å². The summed E-state index contributed by atoms with van der Waals surface area (Å²) in [6.07, 6.45) is -0.404. The molecule has 2 atom stereocenters. The van der Waals surface area contributed by atoms with Gasteiger partial charge in [0.25, 0.3) is 5.22 Å². The second kappa shape index (κ2) is 4.59. The molecule has 1 rings (SSSR count). The van der Waals surface area contributed by atoms with Crippen LogP contribution in [0.5, 0.6) is 0 Å². The molecule has 0 aliphatic heterocycles. The quantitative estimate of drug-likeness (QED) is 0.688. The van der Waals surface area contributed by atoms with Crippen LogP contribution in [0.3, 0.4) is 0 Å². The second-order valence-corrected chi connectivity index (χ2v) is 4.06. The van der Waals surface area contributed by atoms with Crippen LogP contribution in [-0.2, 0) is 6.54 Å². The van der Waals surface area contributed by atoms with E-state index in [1.165, 1.54) is 11.8 Å². The predicted molar refractivity (Wildman–Crippen MR) is 49.2 cm³/mol. The highest BCUT2D eigenvalue weighted by atomic mass is 32.2. The minimum Gasteiger partial charge on any atom is -0.415 e. The Hall–Kier alpha value is -0.590. The molecule has 0 radical (unpaired) electrons. The SMILES string of the molecule is CC(O)C(C)Sc1nnc(CN)o1. The molecular formula is C7H13N3O2S. The fourth-order valence-electron chi connectivity index (χ4n) is 0.626. The molecule has 0 saturated carbocycles. The molecule has 3 N–H and O–H groups in total. The van der Waals surface area contributed by atoms with Crippen LogP contribution in [-0.4, -0.2) is 26.7 Å². The third-order valence-electron chi connectivity index (χ3n) is 1.59. The zero-order chi connectivity index (χ0) is 9.84. The molecule has 6 heteroatoms. The zero-order valence-corrected chi connectivity index (χ0v) is 8.41. The standard InChI is InChI=1S/C7H13N3O2S/c1-4(11)5(2)13-7-10-9-6(3-8)12-7/h4-5,11H,3,8H2,1-2H3. The van der Waals surface area contributed by atoms with E-state index < -0.39 is 6.10 Å². The van der Waals surface area contributed by atoms with Gasteiger partial charge in [0.05, 0.1) is 12.6 Å². The van der Waals surface area contributed by atoms with Crippen molar-refractivity contribution in [2.45, 2.75) is 37.0 Å². The Labute approximate surface area is 80.7 Å². The number of nitrogens with zero attached hydrogens (tertiary/aromatic N) is 2. The third kappa shape index (κ3) is 2.98. The maximum Gasteiger partial charge on any atom is 0.276 e. The lowest BCUT2D eigenvalue weighted by atomic mass is 10.3. The molecule has 0 aliphatic carbocycles. The van der Waals surface area contributed by atoms with Gasteiger partial charge in [-0.2, -0.15) is 0 Å². The Morgan fingerprint density at radius 1 is 1.54 bits per heavy atom. The summed E-state index contributed by atoms with van der Waals surface area (Å²) in [5, 5.41) is 17.2. The van der Waals surface area contributed by atoms with E-state index in [1.54, 1.807) is 6.92 Å². The summed E-state index contributed by atoms with van der Waals surface area (Å²) in [4.78, 5) is 0. The highest BCUT2D eigenvalue weighted by Gasteiger charge is 2.14. The Morgan fingerprint density at radius 2 is 2.23 bits per heavy atom. The maximum absolute atomic E-state index is 9.21. The first kappa shape index (κ1) is 10.5. The van der Waals surface area contributed by atoms with Crippen LogP contribution in [0.15, 0.2) is 9.64 Å². The van der Waals surface area contributed by atoms with Crippen molar-refractivity contribution in [2.75, 3.05) is 0 Å². The first-order valence-corrected chi connectivity index (χ1v) is 4.88. The molecule has 1 heterocycles. The third-order valence-corrected chi connectivity index (χ3v) is 2.72. The van der Waals surface area contributed by atoms with Gasteiger partial charge in [0, 0.05) is 5.25 Å². The maximum atomic E-state index is 9.21. The smallest absolute Gasteiger partial charge is 0.276 e. The molecule has 74 valence electrons. The summed E-state index contributed by atoms with van der Waals surface area (Å²) in [5.74, 6) is 0.417. The van der Waals surface area contributed by atoms with Gasteiger partial charge >= 0.3 is 0 Å². The van der Waals surface area contributed by atoms with Crippen LogP contribution in [0.2, 0.25) is 0 Å². The average Bonchev–Trinajstić information content (AvgIpc) is 2.52. The summed E-state index contributed by atoms with van der Waals surface area (Å²) in [5.41, 5.74) is 5.30. The second-order valence-electron chi connectivity index (χ2n) is 2.73. The van der Waals surface area contributed by atoms with Crippen molar-refractivity contribution in [3.8, 4) is 0 Å². The molecular weight excluding hydrogens is 190 g/mol. The molecule has 0 spiro atoms. The predicted octanol–water partition coefficient (Wildman–Crippen LogP) is 0.390. The number of rotatable bonds is 4. The monoisotopic (exact) mass is 203 g/mol. The highest BCUT2D eigenvalue weighted by molar-refractivity contribution is 7.99. The number of hydrogen-bond acceptors (Lipinski definition) is 6. The summed E-state index contributed by atoms with van der Waals surface area (Å²) >= 11 is 1.34. The van der Waals surface area contributed by atoms with Gasteiger partial charge in [-0.3, -0.25) is 0 Å². The van der Waals surface area contributed by atoms with Crippen LogP contribution < -0.4 is 5.73 Å².